The molecule has 136 valence electrons. The van der Waals surface area contributed by atoms with Crippen LogP contribution in [0.1, 0.15) is 44.2 Å². The second-order valence-corrected chi connectivity index (χ2v) is 7.49. The minimum atomic E-state index is -0.361. The zero-order valence-corrected chi connectivity index (χ0v) is 15.8. The highest BCUT2D eigenvalue weighted by Crippen LogP contribution is 2.42. The fraction of sp³-hybridized carbons (Fsp3) is 0.333. The van der Waals surface area contributed by atoms with Crippen molar-refractivity contribution < 1.29 is 4.79 Å². The van der Waals surface area contributed by atoms with Crippen LogP contribution >= 0.6 is 0 Å². The zero-order valence-electron chi connectivity index (χ0n) is 15.8. The van der Waals surface area contributed by atoms with Crippen molar-refractivity contribution in [3.05, 3.63) is 59.7 Å². The molecule has 0 saturated heterocycles. The Morgan fingerprint density at radius 2 is 1.96 bits per heavy atom. The first kappa shape index (κ1) is 18.0. The number of rotatable bonds is 3. The molecule has 1 heterocycles. The first-order valence-corrected chi connectivity index (χ1v) is 8.90. The van der Waals surface area contributed by atoms with E-state index in [4.69, 9.17) is 0 Å². The SMILES string of the molecule is C[C@@H]1CC(C)(C)N(C)c2ccc(/C=N/NC(=O)Nc3ccccc3)cc21. The van der Waals surface area contributed by atoms with Gasteiger partial charge in [0.15, 0.2) is 0 Å². The monoisotopic (exact) mass is 350 g/mol. The lowest BCUT2D eigenvalue weighted by atomic mass is 9.80. The molecule has 0 fully saturated rings. The Balaban J connectivity index is 1.67. The number of para-hydroxylation sites is 1. The number of fused-ring (bicyclic) bond motifs is 1. The normalized spacial score (nSPS) is 18.5. The van der Waals surface area contributed by atoms with Crippen LogP contribution in [0.25, 0.3) is 0 Å². The number of carbonyl (C=O) groups is 1. The summed E-state index contributed by atoms with van der Waals surface area (Å²) >= 11 is 0. The fourth-order valence-electron chi connectivity index (χ4n) is 3.52. The smallest absolute Gasteiger partial charge is 0.339 e. The molecule has 5 heteroatoms. The van der Waals surface area contributed by atoms with Crippen molar-refractivity contribution in [3.8, 4) is 0 Å². The van der Waals surface area contributed by atoms with Crippen LogP contribution in [0, 0.1) is 0 Å². The summed E-state index contributed by atoms with van der Waals surface area (Å²) in [5.41, 5.74) is 6.95. The third-order valence-electron chi connectivity index (χ3n) is 5.07. The Labute approximate surface area is 155 Å². The van der Waals surface area contributed by atoms with Crippen LogP contribution in [0.3, 0.4) is 0 Å². The van der Waals surface area contributed by atoms with Crippen LogP contribution in [-0.4, -0.2) is 24.8 Å². The van der Waals surface area contributed by atoms with E-state index in [9.17, 15) is 4.79 Å². The third-order valence-corrected chi connectivity index (χ3v) is 5.07. The van der Waals surface area contributed by atoms with E-state index in [0.717, 1.165) is 17.7 Å². The molecule has 0 spiro atoms. The van der Waals surface area contributed by atoms with Gasteiger partial charge in [-0.1, -0.05) is 31.2 Å². The molecular formula is C21H26N4O. The summed E-state index contributed by atoms with van der Waals surface area (Å²) in [6, 6.07) is 15.3. The predicted molar refractivity (Wildman–Crippen MR) is 108 cm³/mol. The highest BCUT2D eigenvalue weighted by molar-refractivity contribution is 5.90. The number of anilines is 2. The summed E-state index contributed by atoms with van der Waals surface area (Å²) in [5.74, 6) is 0.485. The first-order chi connectivity index (χ1) is 12.4. The molecule has 26 heavy (non-hydrogen) atoms. The van der Waals surface area contributed by atoms with Crippen molar-refractivity contribution in [2.45, 2.75) is 38.6 Å². The van der Waals surface area contributed by atoms with Crippen LogP contribution in [-0.2, 0) is 0 Å². The van der Waals surface area contributed by atoms with Gasteiger partial charge in [0.25, 0.3) is 0 Å². The Hall–Kier alpha value is -2.82. The molecule has 1 atom stereocenters. The Morgan fingerprint density at radius 1 is 1.23 bits per heavy atom. The van der Waals surface area contributed by atoms with Gasteiger partial charge in [0.05, 0.1) is 6.21 Å². The number of amides is 2. The Morgan fingerprint density at radius 3 is 2.69 bits per heavy atom. The number of benzene rings is 2. The van der Waals surface area contributed by atoms with Crippen molar-refractivity contribution in [1.29, 1.82) is 0 Å². The number of hydrogen-bond donors (Lipinski definition) is 2. The van der Waals surface area contributed by atoms with E-state index < -0.39 is 0 Å². The van der Waals surface area contributed by atoms with E-state index in [1.807, 2.05) is 36.4 Å². The molecule has 0 radical (unpaired) electrons. The highest BCUT2D eigenvalue weighted by Gasteiger charge is 2.33. The van der Waals surface area contributed by atoms with Gasteiger partial charge < -0.3 is 10.2 Å². The number of nitrogens with one attached hydrogen (secondary N) is 2. The van der Waals surface area contributed by atoms with Crippen LogP contribution in [0.15, 0.2) is 53.6 Å². The van der Waals surface area contributed by atoms with Gasteiger partial charge in [-0.15, -0.1) is 0 Å². The molecule has 0 unspecified atom stereocenters. The summed E-state index contributed by atoms with van der Waals surface area (Å²) in [6.45, 7) is 6.81. The van der Waals surface area contributed by atoms with Gasteiger partial charge in [-0.05, 0) is 61.6 Å². The predicted octanol–water partition coefficient (Wildman–Crippen LogP) is 4.56. The van der Waals surface area contributed by atoms with Crippen molar-refractivity contribution in [2.24, 2.45) is 5.10 Å². The molecule has 0 aliphatic carbocycles. The zero-order chi connectivity index (χ0) is 18.7. The average molecular weight is 350 g/mol. The van der Waals surface area contributed by atoms with E-state index in [2.05, 4.69) is 60.7 Å². The van der Waals surface area contributed by atoms with Crippen molar-refractivity contribution in [1.82, 2.24) is 5.43 Å². The van der Waals surface area contributed by atoms with E-state index in [-0.39, 0.29) is 11.6 Å². The van der Waals surface area contributed by atoms with Gasteiger partial charge in [0.1, 0.15) is 0 Å². The summed E-state index contributed by atoms with van der Waals surface area (Å²) in [7, 11) is 2.15. The second kappa shape index (κ2) is 7.20. The molecule has 0 saturated carbocycles. The lowest BCUT2D eigenvalue weighted by Crippen LogP contribution is -2.45. The molecule has 1 aliphatic heterocycles. The lowest BCUT2D eigenvalue weighted by Gasteiger charge is -2.45. The quantitative estimate of drug-likeness (QED) is 0.629. The van der Waals surface area contributed by atoms with Crippen molar-refractivity contribution in [2.75, 3.05) is 17.3 Å². The average Bonchev–Trinajstić information content (AvgIpc) is 2.60. The Bertz CT molecular complexity index is 814. The van der Waals surface area contributed by atoms with E-state index in [0.29, 0.717) is 5.92 Å². The molecule has 1 aliphatic rings. The molecule has 2 aromatic rings. The standard InChI is InChI=1S/C21H26N4O/c1-15-13-21(2,3)25(4)19-11-10-16(12-18(15)19)14-22-24-20(26)23-17-8-6-5-7-9-17/h5-12,14-15H,13H2,1-4H3,(H2,23,24,26)/b22-14+/t15-/m1/s1. The molecule has 2 N–H and O–H groups in total. The minimum absolute atomic E-state index is 0.152. The molecular weight excluding hydrogens is 324 g/mol. The number of urea groups is 1. The number of hydrazone groups is 1. The fourth-order valence-corrected chi connectivity index (χ4v) is 3.52. The van der Waals surface area contributed by atoms with Gasteiger partial charge in [-0.25, -0.2) is 10.2 Å². The van der Waals surface area contributed by atoms with Gasteiger partial charge in [-0.2, -0.15) is 5.10 Å². The first-order valence-electron chi connectivity index (χ1n) is 8.90. The van der Waals surface area contributed by atoms with Gasteiger partial charge in [0, 0.05) is 24.0 Å². The number of nitrogens with zero attached hydrogens (tertiary/aromatic N) is 2. The summed E-state index contributed by atoms with van der Waals surface area (Å²) in [5, 5.41) is 6.79. The van der Waals surface area contributed by atoms with Gasteiger partial charge in [0.2, 0.25) is 0 Å². The topological polar surface area (TPSA) is 56.7 Å². The second-order valence-electron chi connectivity index (χ2n) is 7.49. The maximum atomic E-state index is 11.9. The van der Waals surface area contributed by atoms with Crippen LogP contribution in [0.2, 0.25) is 0 Å². The molecule has 0 aromatic heterocycles. The van der Waals surface area contributed by atoms with E-state index in [1.165, 1.54) is 11.3 Å². The number of hydrogen-bond acceptors (Lipinski definition) is 3. The molecule has 2 aromatic carbocycles. The van der Waals surface area contributed by atoms with Crippen LogP contribution in [0.4, 0.5) is 16.2 Å². The third kappa shape index (κ3) is 3.87. The maximum Gasteiger partial charge on any atom is 0.339 e. The van der Waals surface area contributed by atoms with E-state index in [1.54, 1.807) is 6.21 Å². The summed E-state index contributed by atoms with van der Waals surface area (Å²) in [6.07, 6.45) is 2.78. The molecule has 3 rings (SSSR count). The summed E-state index contributed by atoms with van der Waals surface area (Å²) < 4.78 is 0. The van der Waals surface area contributed by atoms with E-state index >= 15 is 0 Å². The minimum Gasteiger partial charge on any atom is -0.369 e. The maximum absolute atomic E-state index is 11.9. The largest absolute Gasteiger partial charge is 0.369 e. The molecule has 0 bridgehead atoms. The van der Waals surface area contributed by atoms with Crippen LogP contribution in [0.5, 0.6) is 0 Å². The summed E-state index contributed by atoms with van der Waals surface area (Å²) in [4.78, 5) is 14.2. The van der Waals surface area contributed by atoms with Crippen molar-refractivity contribution >= 4 is 23.6 Å². The molecule has 2 amide bonds. The lowest BCUT2D eigenvalue weighted by molar-refractivity contribution is 0.252. The number of carbonyl (C=O) groups excluding carboxylic acids is 1. The molecule has 5 nitrogen and oxygen atoms in total. The van der Waals surface area contributed by atoms with Crippen LogP contribution < -0.4 is 15.6 Å². The Kier molecular flexibility index (Phi) is 4.98. The highest BCUT2D eigenvalue weighted by atomic mass is 16.2. The van der Waals surface area contributed by atoms with Gasteiger partial charge >= 0.3 is 6.03 Å². The van der Waals surface area contributed by atoms with Gasteiger partial charge in [-0.3, -0.25) is 0 Å². The van der Waals surface area contributed by atoms with Crippen molar-refractivity contribution in [3.63, 3.8) is 0 Å².